The van der Waals surface area contributed by atoms with Gasteiger partial charge >= 0.3 is 0 Å². The lowest BCUT2D eigenvalue weighted by molar-refractivity contribution is 0.318. The molecule has 0 radical (unpaired) electrons. The van der Waals surface area contributed by atoms with E-state index in [0.29, 0.717) is 6.04 Å². The Kier molecular flexibility index (Phi) is 5.51. The van der Waals surface area contributed by atoms with Gasteiger partial charge in [-0.15, -0.1) is 0 Å². The minimum atomic E-state index is 0.550. The fraction of sp³-hybridized carbons (Fsp3) is 0.571. The Bertz CT molecular complexity index is 380. The van der Waals surface area contributed by atoms with Crippen molar-refractivity contribution in [1.82, 2.24) is 0 Å². The highest BCUT2D eigenvalue weighted by atomic mass is 35.5. The van der Waals surface area contributed by atoms with E-state index in [1.807, 2.05) is 30.0 Å². The van der Waals surface area contributed by atoms with Crippen molar-refractivity contribution in [2.45, 2.75) is 32.2 Å². The van der Waals surface area contributed by atoms with Gasteiger partial charge in [0.1, 0.15) is 5.75 Å². The molecule has 0 atom stereocenters. The summed E-state index contributed by atoms with van der Waals surface area (Å²) in [5.74, 6) is 3.40. The van der Waals surface area contributed by atoms with Crippen molar-refractivity contribution in [3.8, 4) is 5.75 Å². The zero-order chi connectivity index (χ0) is 12.8. The molecule has 1 aliphatic heterocycles. The summed E-state index contributed by atoms with van der Waals surface area (Å²) in [6, 6.07) is 6.36. The molecule has 1 fully saturated rings. The summed E-state index contributed by atoms with van der Waals surface area (Å²) in [5.41, 5.74) is 1.04. The first-order valence-corrected chi connectivity index (χ1v) is 8.09. The van der Waals surface area contributed by atoms with E-state index >= 15 is 0 Å². The average Bonchev–Trinajstić information content (AvgIpc) is 2.39. The molecule has 2 nitrogen and oxygen atoms in total. The molecule has 1 saturated heterocycles. The fourth-order valence-electron chi connectivity index (χ4n) is 2.01. The fourth-order valence-corrected chi connectivity index (χ4v) is 3.29. The third-order valence-electron chi connectivity index (χ3n) is 2.98. The molecule has 18 heavy (non-hydrogen) atoms. The first-order valence-electron chi connectivity index (χ1n) is 6.56. The standard InChI is InChI=1S/C14H20ClNOS/c1-2-7-17-14-4-3-11(15)10-13(14)16-12-5-8-18-9-6-12/h3-4,10,12,16H,2,5-9H2,1H3. The summed E-state index contributed by atoms with van der Waals surface area (Å²) in [7, 11) is 0. The number of ether oxygens (including phenoxy) is 1. The van der Waals surface area contributed by atoms with Crippen molar-refractivity contribution in [2.24, 2.45) is 0 Å². The molecule has 0 aromatic heterocycles. The SMILES string of the molecule is CCCOc1ccc(Cl)cc1NC1CCSCC1. The van der Waals surface area contributed by atoms with E-state index < -0.39 is 0 Å². The van der Waals surface area contributed by atoms with E-state index in [4.69, 9.17) is 16.3 Å². The van der Waals surface area contributed by atoms with Gasteiger partial charge in [-0.25, -0.2) is 0 Å². The second-order valence-electron chi connectivity index (χ2n) is 4.52. The van der Waals surface area contributed by atoms with E-state index in [1.54, 1.807) is 0 Å². The number of nitrogens with one attached hydrogen (secondary N) is 1. The van der Waals surface area contributed by atoms with E-state index in [1.165, 1.54) is 24.3 Å². The monoisotopic (exact) mass is 285 g/mol. The Morgan fingerprint density at radius 3 is 2.89 bits per heavy atom. The number of thioether (sulfide) groups is 1. The molecule has 1 aromatic rings. The van der Waals surface area contributed by atoms with Crippen LogP contribution < -0.4 is 10.1 Å². The van der Waals surface area contributed by atoms with Gasteiger partial charge in [0.15, 0.2) is 0 Å². The largest absolute Gasteiger partial charge is 0.491 e. The Labute approximate surface area is 118 Å². The maximum absolute atomic E-state index is 6.07. The maximum Gasteiger partial charge on any atom is 0.142 e. The number of anilines is 1. The van der Waals surface area contributed by atoms with Crippen molar-refractivity contribution in [3.63, 3.8) is 0 Å². The van der Waals surface area contributed by atoms with Gasteiger partial charge in [0.25, 0.3) is 0 Å². The van der Waals surface area contributed by atoms with Crippen LogP contribution in [0.2, 0.25) is 5.02 Å². The number of hydrogen-bond donors (Lipinski definition) is 1. The summed E-state index contributed by atoms with van der Waals surface area (Å²) < 4.78 is 5.76. The Morgan fingerprint density at radius 2 is 2.17 bits per heavy atom. The molecule has 4 heteroatoms. The molecule has 0 unspecified atom stereocenters. The highest BCUT2D eigenvalue weighted by Gasteiger charge is 2.15. The van der Waals surface area contributed by atoms with Crippen molar-refractivity contribution < 1.29 is 4.74 Å². The van der Waals surface area contributed by atoms with Gasteiger partial charge in [-0.1, -0.05) is 18.5 Å². The number of benzene rings is 1. The van der Waals surface area contributed by atoms with Crippen LogP contribution >= 0.6 is 23.4 Å². The molecule has 1 N–H and O–H groups in total. The first-order chi connectivity index (χ1) is 8.79. The third-order valence-corrected chi connectivity index (χ3v) is 4.27. The highest BCUT2D eigenvalue weighted by molar-refractivity contribution is 7.99. The van der Waals surface area contributed by atoms with Crippen LogP contribution in [-0.4, -0.2) is 24.2 Å². The number of rotatable bonds is 5. The van der Waals surface area contributed by atoms with E-state index in [9.17, 15) is 0 Å². The van der Waals surface area contributed by atoms with Crippen molar-refractivity contribution in [3.05, 3.63) is 23.2 Å². The summed E-state index contributed by atoms with van der Waals surface area (Å²) in [6.45, 7) is 2.86. The summed E-state index contributed by atoms with van der Waals surface area (Å²) >= 11 is 8.10. The quantitative estimate of drug-likeness (QED) is 0.864. The van der Waals surface area contributed by atoms with Crippen LogP contribution in [-0.2, 0) is 0 Å². The van der Waals surface area contributed by atoms with Crippen molar-refractivity contribution in [2.75, 3.05) is 23.4 Å². The van der Waals surface area contributed by atoms with Crippen LogP contribution in [0.25, 0.3) is 0 Å². The molecule has 0 aliphatic carbocycles. The van der Waals surface area contributed by atoms with Crippen LogP contribution in [0.1, 0.15) is 26.2 Å². The Morgan fingerprint density at radius 1 is 1.39 bits per heavy atom. The topological polar surface area (TPSA) is 21.3 Å². The van der Waals surface area contributed by atoms with E-state index in [0.717, 1.165) is 29.5 Å². The lowest BCUT2D eigenvalue weighted by atomic mass is 10.1. The normalized spacial score (nSPS) is 16.6. The third kappa shape index (κ3) is 3.99. The molecule has 0 saturated carbocycles. The number of halogens is 1. The summed E-state index contributed by atoms with van der Waals surface area (Å²) in [4.78, 5) is 0. The molecule has 0 bridgehead atoms. The van der Waals surface area contributed by atoms with Gasteiger partial charge in [0, 0.05) is 11.1 Å². The lowest BCUT2D eigenvalue weighted by Gasteiger charge is -2.25. The lowest BCUT2D eigenvalue weighted by Crippen LogP contribution is -2.24. The van der Waals surface area contributed by atoms with Crippen molar-refractivity contribution in [1.29, 1.82) is 0 Å². The predicted molar refractivity (Wildman–Crippen MR) is 81.2 cm³/mol. The van der Waals surface area contributed by atoms with Crippen LogP contribution in [0.4, 0.5) is 5.69 Å². The Hall–Kier alpha value is -0.540. The molecule has 1 aliphatic rings. The molecule has 1 aromatic carbocycles. The molecular formula is C14H20ClNOS. The second kappa shape index (κ2) is 7.15. The van der Waals surface area contributed by atoms with Gasteiger partial charge in [-0.3, -0.25) is 0 Å². The average molecular weight is 286 g/mol. The Balaban J connectivity index is 2.05. The molecule has 2 rings (SSSR count). The van der Waals surface area contributed by atoms with Crippen LogP contribution in [0.15, 0.2) is 18.2 Å². The molecule has 0 spiro atoms. The van der Waals surface area contributed by atoms with Gasteiger partial charge in [0.2, 0.25) is 0 Å². The van der Waals surface area contributed by atoms with Gasteiger partial charge < -0.3 is 10.1 Å². The molecule has 1 heterocycles. The zero-order valence-corrected chi connectivity index (χ0v) is 12.3. The van der Waals surface area contributed by atoms with Crippen LogP contribution in [0.3, 0.4) is 0 Å². The molecule has 0 amide bonds. The minimum absolute atomic E-state index is 0.550. The summed E-state index contributed by atoms with van der Waals surface area (Å²) in [6.07, 6.45) is 3.44. The smallest absolute Gasteiger partial charge is 0.142 e. The zero-order valence-electron chi connectivity index (χ0n) is 10.7. The van der Waals surface area contributed by atoms with Gasteiger partial charge in [-0.05, 0) is 49.0 Å². The minimum Gasteiger partial charge on any atom is -0.491 e. The maximum atomic E-state index is 6.07. The number of hydrogen-bond acceptors (Lipinski definition) is 3. The van der Waals surface area contributed by atoms with Gasteiger partial charge in [-0.2, -0.15) is 11.8 Å². The molecular weight excluding hydrogens is 266 g/mol. The summed E-state index contributed by atoms with van der Waals surface area (Å²) in [5, 5.41) is 4.33. The second-order valence-corrected chi connectivity index (χ2v) is 6.18. The van der Waals surface area contributed by atoms with Crippen molar-refractivity contribution >= 4 is 29.1 Å². The van der Waals surface area contributed by atoms with Crippen LogP contribution in [0.5, 0.6) is 5.75 Å². The molecule has 100 valence electrons. The highest BCUT2D eigenvalue weighted by Crippen LogP contribution is 2.30. The van der Waals surface area contributed by atoms with Crippen LogP contribution in [0, 0.1) is 0 Å². The van der Waals surface area contributed by atoms with E-state index in [2.05, 4.69) is 12.2 Å². The predicted octanol–water partition coefficient (Wildman–Crippen LogP) is 4.44. The van der Waals surface area contributed by atoms with Gasteiger partial charge in [0.05, 0.1) is 12.3 Å². The first kappa shape index (κ1) is 13.9. The van der Waals surface area contributed by atoms with E-state index in [-0.39, 0.29) is 0 Å².